The van der Waals surface area contributed by atoms with E-state index in [9.17, 15) is 9.18 Å². The quantitative estimate of drug-likeness (QED) is 0.499. The molecule has 3 aromatic rings. The Morgan fingerprint density at radius 1 is 1.22 bits per heavy atom. The van der Waals surface area contributed by atoms with Crippen molar-refractivity contribution in [2.24, 2.45) is 5.92 Å². The largest absolute Gasteiger partial charge is 0.328 e. The highest BCUT2D eigenvalue weighted by Crippen LogP contribution is 2.31. The summed E-state index contributed by atoms with van der Waals surface area (Å²) in [5.41, 5.74) is 9.79. The molecular weight excluding hydrogens is 407 g/mol. The maximum Gasteiger partial charge on any atom is 0.228 e. The van der Waals surface area contributed by atoms with Gasteiger partial charge >= 0.3 is 0 Å². The first-order valence-corrected chi connectivity index (χ1v) is 11.2. The van der Waals surface area contributed by atoms with Crippen LogP contribution in [-0.2, 0) is 4.79 Å². The molecule has 1 fully saturated rings. The fourth-order valence-electron chi connectivity index (χ4n) is 4.55. The molecule has 0 bridgehead atoms. The van der Waals surface area contributed by atoms with Crippen molar-refractivity contribution in [3.63, 3.8) is 0 Å². The summed E-state index contributed by atoms with van der Waals surface area (Å²) in [5.74, 6) is 0.0471. The number of aryl methyl sites for hydroxylation is 1. The summed E-state index contributed by atoms with van der Waals surface area (Å²) < 4.78 is 16.8. The molecule has 3 N–H and O–H groups in total. The topological polar surface area (TPSA) is 83.9 Å². The predicted octanol–water partition coefficient (Wildman–Crippen LogP) is 4.35. The van der Waals surface area contributed by atoms with Gasteiger partial charge in [-0.2, -0.15) is 0 Å². The number of carbonyl (C=O) groups excluding carboxylic acids is 1. The fraction of sp³-hybridized carbons (Fsp3) is 0.458. The van der Waals surface area contributed by atoms with Crippen molar-refractivity contribution in [2.45, 2.75) is 58.5 Å². The summed E-state index contributed by atoms with van der Waals surface area (Å²) in [6, 6.07) is 5.74. The van der Waals surface area contributed by atoms with Crippen LogP contribution in [0, 0.1) is 18.7 Å². The van der Waals surface area contributed by atoms with Crippen LogP contribution in [0.1, 0.15) is 51.1 Å². The minimum Gasteiger partial charge on any atom is -0.328 e. The van der Waals surface area contributed by atoms with Crippen molar-refractivity contribution in [3.8, 4) is 11.1 Å². The first-order chi connectivity index (χ1) is 15.4. The average Bonchev–Trinajstić information content (AvgIpc) is 3.20. The van der Waals surface area contributed by atoms with Crippen LogP contribution in [-0.4, -0.2) is 33.5 Å². The smallest absolute Gasteiger partial charge is 0.228 e. The van der Waals surface area contributed by atoms with Crippen LogP contribution < -0.4 is 16.2 Å². The summed E-state index contributed by atoms with van der Waals surface area (Å²) in [4.78, 5) is 21.5. The minimum atomic E-state index is -0.357. The van der Waals surface area contributed by atoms with E-state index in [1.165, 1.54) is 6.07 Å². The zero-order chi connectivity index (χ0) is 22.8. The van der Waals surface area contributed by atoms with Crippen LogP contribution in [0.4, 0.5) is 10.2 Å². The molecule has 2 heterocycles. The van der Waals surface area contributed by atoms with Gasteiger partial charge < -0.3 is 9.88 Å². The first-order valence-electron chi connectivity index (χ1n) is 11.2. The molecule has 1 aliphatic carbocycles. The lowest BCUT2D eigenvalue weighted by Crippen LogP contribution is -2.43. The molecule has 0 spiro atoms. The number of nitrogens with one attached hydrogen (secondary N) is 3. The number of hydrazine groups is 1. The van der Waals surface area contributed by atoms with Crippen LogP contribution in [0.2, 0.25) is 0 Å². The Hall–Kier alpha value is -2.84. The van der Waals surface area contributed by atoms with Crippen molar-refractivity contribution in [3.05, 3.63) is 42.1 Å². The molecule has 0 unspecified atom stereocenters. The monoisotopic (exact) mass is 438 g/mol. The standard InChI is InChI=1S/C24H31FN6O/c1-14(2)31-13-28-23-20(25)9-17(10-21(23)31)19-11-22(27-12-15(19)3)29-24(32)16-6-5-7-18(8-16)30-26-4/h9-14,16,18,26,30H,5-8H2,1-4H3,(H,27,29,32)/t16-,18+/m0/s1. The van der Waals surface area contributed by atoms with E-state index in [2.05, 4.69) is 26.1 Å². The van der Waals surface area contributed by atoms with Crippen LogP contribution in [0.5, 0.6) is 0 Å². The second-order valence-corrected chi connectivity index (χ2v) is 8.90. The summed E-state index contributed by atoms with van der Waals surface area (Å²) in [6.45, 7) is 6.02. The zero-order valence-electron chi connectivity index (χ0n) is 19.1. The van der Waals surface area contributed by atoms with Gasteiger partial charge in [0.05, 0.1) is 11.8 Å². The maximum absolute atomic E-state index is 14.8. The Kier molecular flexibility index (Phi) is 6.53. The summed E-state index contributed by atoms with van der Waals surface area (Å²) in [7, 11) is 1.84. The second-order valence-electron chi connectivity index (χ2n) is 8.90. The SMILES string of the molecule is CNN[C@@H]1CCC[C@H](C(=O)Nc2cc(-c3cc(F)c4ncn(C(C)C)c4c3)c(C)cn2)C1. The Morgan fingerprint density at radius 2 is 2.03 bits per heavy atom. The molecule has 7 nitrogen and oxygen atoms in total. The number of carbonyl (C=O) groups is 1. The van der Waals surface area contributed by atoms with E-state index < -0.39 is 0 Å². The number of hydrogen-bond donors (Lipinski definition) is 3. The number of anilines is 1. The number of hydrogen-bond acceptors (Lipinski definition) is 5. The molecule has 1 aliphatic rings. The number of imidazole rings is 1. The van der Waals surface area contributed by atoms with Gasteiger partial charge in [-0.15, -0.1) is 0 Å². The predicted molar refractivity (Wildman–Crippen MR) is 125 cm³/mol. The molecule has 1 saturated carbocycles. The van der Waals surface area contributed by atoms with Gasteiger partial charge in [0.1, 0.15) is 11.3 Å². The number of amides is 1. The van der Waals surface area contributed by atoms with Crippen LogP contribution in [0.25, 0.3) is 22.2 Å². The van der Waals surface area contributed by atoms with Crippen LogP contribution in [0.3, 0.4) is 0 Å². The highest BCUT2D eigenvalue weighted by molar-refractivity contribution is 5.93. The number of aromatic nitrogens is 3. The minimum absolute atomic E-state index is 0.0191. The average molecular weight is 439 g/mol. The van der Waals surface area contributed by atoms with Gasteiger partial charge in [-0.3, -0.25) is 15.6 Å². The number of halogens is 1. The van der Waals surface area contributed by atoms with E-state index in [-0.39, 0.29) is 29.7 Å². The molecule has 2 aromatic heterocycles. The fourth-order valence-corrected chi connectivity index (χ4v) is 4.55. The number of benzene rings is 1. The summed E-state index contributed by atoms with van der Waals surface area (Å²) >= 11 is 0. The molecule has 32 heavy (non-hydrogen) atoms. The van der Waals surface area contributed by atoms with Crippen molar-refractivity contribution < 1.29 is 9.18 Å². The van der Waals surface area contributed by atoms with Gasteiger partial charge in [0.15, 0.2) is 5.82 Å². The van der Waals surface area contributed by atoms with E-state index >= 15 is 0 Å². The molecule has 1 aromatic carbocycles. The van der Waals surface area contributed by atoms with E-state index in [0.717, 1.165) is 47.9 Å². The Balaban J connectivity index is 1.61. The van der Waals surface area contributed by atoms with Gasteiger partial charge in [0, 0.05) is 24.2 Å². The number of pyridine rings is 1. The summed E-state index contributed by atoms with van der Waals surface area (Å²) in [6.07, 6.45) is 7.11. The second kappa shape index (κ2) is 9.34. The highest BCUT2D eigenvalue weighted by Gasteiger charge is 2.27. The van der Waals surface area contributed by atoms with Gasteiger partial charge in [0.2, 0.25) is 5.91 Å². The Morgan fingerprint density at radius 3 is 2.78 bits per heavy atom. The Bertz CT molecular complexity index is 1120. The molecule has 170 valence electrons. The lowest BCUT2D eigenvalue weighted by atomic mass is 9.85. The van der Waals surface area contributed by atoms with Crippen molar-refractivity contribution in [2.75, 3.05) is 12.4 Å². The maximum atomic E-state index is 14.8. The third kappa shape index (κ3) is 4.52. The number of nitrogens with zero attached hydrogens (tertiary/aromatic N) is 3. The van der Waals surface area contributed by atoms with Crippen LogP contribution in [0.15, 0.2) is 30.7 Å². The molecule has 0 saturated heterocycles. The highest BCUT2D eigenvalue weighted by atomic mass is 19.1. The third-order valence-electron chi connectivity index (χ3n) is 6.25. The van der Waals surface area contributed by atoms with Crippen molar-refractivity contribution in [1.29, 1.82) is 0 Å². The number of fused-ring (bicyclic) bond motifs is 1. The molecule has 1 amide bonds. The lowest BCUT2D eigenvalue weighted by Gasteiger charge is -2.28. The zero-order valence-corrected chi connectivity index (χ0v) is 19.1. The van der Waals surface area contributed by atoms with E-state index in [1.54, 1.807) is 12.5 Å². The van der Waals surface area contributed by atoms with E-state index in [1.807, 2.05) is 44.5 Å². The molecule has 4 rings (SSSR count). The van der Waals surface area contributed by atoms with Crippen molar-refractivity contribution >= 4 is 22.8 Å². The van der Waals surface area contributed by atoms with Gasteiger partial charge in [0.25, 0.3) is 0 Å². The van der Waals surface area contributed by atoms with Gasteiger partial charge in [-0.05, 0) is 82.0 Å². The Labute approximate surface area is 187 Å². The summed E-state index contributed by atoms with van der Waals surface area (Å²) in [5, 5.41) is 2.98. The normalized spacial score (nSPS) is 18.9. The van der Waals surface area contributed by atoms with Gasteiger partial charge in [-0.25, -0.2) is 14.4 Å². The van der Waals surface area contributed by atoms with Crippen molar-refractivity contribution in [1.82, 2.24) is 25.4 Å². The molecule has 2 atom stereocenters. The van der Waals surface area contributed by atoms with Crippen LogP contribution >= 0.6 is 0 Å². The van der Waals surface area contributed by atoms with E-state index in [4.69, 9.17) is 0 Å². The molecular formula is C24H31FN6O. The first kappa shape index (κ1) is 22.4. The molecule has 8 heteroatoms. The van der Waals surface area contributed by atoms with Gasteiger partial charge in [-0.1, -0.05) is 6.42 Å². The molecule has 0 radical (unpaired) electrons. The van der Waals surface area contributed by atoms with E-state index in [0.29, 0.717) is 11.3 Å². The third-order valence-corrected chi connectivity index (χ3v) is 6.25. The number of rotatable bonds is 6. The lowest BCUT2D eigenvalue weighted by molar-refractivity contribution is -0.121. The molecule has 0 aliphatic heterocycles.